The second kappa shape index (κ2) is 19.9. The predicted molar refractivity (Wildman–Crippen MR) is 259 cm³/mol. The number of aromatic nitrogens is 5. The van der Waals surface area contributed by atoms with Gasteiger partial charge in [0, 0.05) is 44.1 Å². The molecule has 5 aromatic heterocycles. The minimum Gasteiger partial charge on any atom is -0.494 e. The average Bonchev–Trinajstić information content (AvgIpc) is 4.12. The first-order chi connectivity index (χ1) is 30.4. The number of nitrogens with one attached hydrogen (secondary N) is 2. The highest BCUT2D eigenvalue weighted by Crippen LogP contribution is 2.44. The van der Waals surface area contributed by atoms with Gasteiger partial charge in [0.15, 0.2) is 15.2 Å². The fourth-order valence-electron chi connectivity index (χ4n) is 6.61. The molecule has 0 saturated heterocycles. The van der Waals surface area contributed by atoms with E-state index in [0.29, 0.717) is 57.1 Å². The van der Waals surface area contributed by atoms with E-state index in [1.807, 2.05) is 65.4 Å². The Bertz CT molecular complexity index is 2660. The maximum atomic E-state index is 5.91. The van der Waals surface area contributed by atoms with Crippen molar-refractivity contribution in [1.29, 1.82) is 0 Å². The van der Waals surface area contributed by atoms with Gasteiger partial charge in [0.2, 0.25) is 11.9 Å². The number of nitrogens with zero attached hydrogens (tertiary/aromatic N) is 11. The van der Waals surface area contributed by atoms with E-state index >= 15 is 0 Å². The molecule has 0 fully saturated rings. The number of azo groups is 2. The third kappa shape index (κ3) is 9.48. The van der Waals surface area contributed by atoms with Gasteiger partial charge in [0.1, 0.15) is 32.5 Å². The number of thiophene rings is 2. The van der Waals surface area contributed by atoms with Crippen LogP contribution in [0.25, 0.3) is 20.4 Å². The normalized spacial score (nSPS) is 11.6. The molecule has 62 heavy (non-hydrogen) atoms. The molecular weight excluding hydrogens is 879 g/mol. The molecule has 0 saturated carbocycles. The van der Waals surface area contributed by atoms with Gasteiger partial charge in [-0.3, -0.25) is 0 Å². The Morgan fingerprint density at radius 2 is 1.10 bits per heavy atom. The number of ether oxygens (including phenoxy) is 2. The lowest BCUT2D eigenvalue weighted by molar-refractivity contribution is 0.414. The third-order valence-corrected chi connectivity index (χ3v) is 14.1. The van der Waals surface area contributed by atoms with Crippen molar-refractivity contribution in [1.82, 2.24) is 23.7 Å². The molecule has 5 heterocycles. The van der Waals surface area contributed by atoms with Crippen molar-refractivity contribution in [3.8, 4) is 11.5 Å². The standard InChI is InChI=1S/C42H43N13O2S5/c1-7-54(8-2)32-20-28(30(22-34(32)56-5)48-50-36-26-16-18-58-38(26)52-61-36)43-40-45-41(47-42(46-40)60-24-25-14-12-11-13-15-25)44-29-21-33(55(9-3)10-4)35(57-6)23-31(29)49-51-37-27-17-19-59-39(27)53-62-37/h11-23H,7-10,24H2,1-6H3,(H2,43,44,45,46,47). The highest BCUT2D eigenvalue weighted by Gasteiger charge is 2.20. The van der Waals surface area contributed by atoms with Gasteiger partial charge < -0.3 is 29.9 Å². The Morgan fingerprint density at radius 1 is 0.613 bits per heavy atom. The van der Waals surface area contributed by atoms with E-state index in [2.05, 4.69) is 79.2 Å². The van der Waals surface area contributed by atoms with Crippen LogP contribution >= 0.6 is 57.5 Å². The summed E-state index contributed by atoms with van der Waals surface area (Å²) in [4.78, 5) is 21.1. The monoisotopic (exact) mass is 921 g/mol. The molecule has 0 aliphatic carbocycles. The van der Waals surface area contributed by atoms with Gasteiger partial charge in [-0.15, -0.1) is 43.1 Å². The third-order valence-electron chi connectivity index (χ3n) is 9.80. The van der Waals surface area contributed by atoms with Crippen LogP contribution in [0.4, 0.5) is 56.0 Å². The molecule has 318 valence electrons. The molecule has 0 aliphatic heterocycles. The van der Waals surface area contributed by atoms with E-state index in [1.54, 1.807) is 36.9 Å². The van der Waals surface area contributed by atoms with E-state index in [9.17, 15) is 0 Å². The summed E-state index contributed by atoms with van der Waals surface area (Å²) in [5.41, 5.74) is 5.24. The zero-order chi connectivity index (χ0) is 43.0. The fraction of sp³-hybridized carbons (Fsp3) is 0.262. The second-order valence-corrected chi connectivity index (χ2v) is 17.6. The molecule has 2 N–H and O–H groups in total. The molecule has 0 radical (unpaired) electrons. The highest BCUT2D eigenvalue weighted by atomic mass is 32.2. The smallest absolute Gasteiger partial charge is 0.233 e. The first-order valence-electron chi connectivity index (χ1n) is 19.8. The molecule has 8 rings (SSSR count). The zero-order valence-electron chi connectivity index (χ0n) is 34.8. The lowest BCUT2D eigenvalue weighted by Gasteiger charge is -2.25. The summed E-state index contributed by atoms with van der Waals surface area (Å²) in [6, 6.07) is 22.0. The molecule has 0 atom stereocenters. The van der Waals surface area contributed by atoms with E-state index < -0.39 is 0 Å². The van der Waals surface area contributed by atoms with E-state index in [1.165, 1.54) is 34.8 Å². The molecule has 3 aromatic carbocycles. The van der Waals surface area contributed by atoms with Gasteiger partial charge in [-0.25, -0.2) is 0 Å². The van der Waals surface area contributed by atoms with Crippen molar-refractivity contribution < 1.29 is 9.47 Å². The van der Waals surface area contributed by atoms with E-state index in [-0.39, 0.29) is 0 Å². The Hall–Kier alpha value is -5.80. The molecule has 0 amide bonds. The lowest BCUT2D eigenvalue weighted by Crippen LogP contribution is -2.22. The highest BCUT2D eigenvalue weighted by molar-refractivity contribution is 7.98. The molecule has 8 aromatic rings. The Kier molecular flexibility index (Phi) is 13.8. The summed E-state index contributed by atoms with van der Waals surface area (Å²) < 4.78 is 20.9. The molecule has 0 aliphatic rings. The van der Waals surface area contributed by atoms with Crippen LogP contribution in [0.1, 0.15) is 33.3 Å². The van der Waals surface area contributed by atoms with Crippen molar-refractivity contribution >= 4 is 134 Å². The summed E-state index contributed by atoms with van der Waals surface area (Å²) in [5.74, 6) is 2.57. The second-order valence-electron chi connectivity index (χ2n) is 13.4. The van der Waals surface area contributed by atoms with Crippen LogP contribution in [0, 0.1) is 0 Å². The number of rotatable bonds is 19. The SMILES string of the molecule is CCN(CC)c1cc(Nc2nc(Nc3cc(N(CC)CC)c(OC)cc3N=Nc3snc4sccc34)nc(SCc3ccccc3)n2)c(N=Nc2snc3sccc23)cc1OC. The maximum absolute atomic E-state index is 5.91. The van der Waals surface area contributed by atoms with Gasteiger partial charge in [-0.2, -0.15) is 23.7 Å². The molecular formula is C42H43N13O2S5. The number of hydrogen-bond acceptors (Lipinski definition) is 20. The van der Waals surface area contributed by atoms with Crippen LogP contribution in [-0.4, -0.2) is 64.1 Å². The predicted octanol–water partition coefficient (Wildman–Crippen LogP) is 13.5. The minimum absolute atomic E-state index is 0.299. The van der Waals surface area contributed by atoms with Crippen LogP contribution in [0.15, 0.2) is 103 Å². The Morgan fingerprint density at radius 3 is 1.55 bits per heavy atom. The number of benzene rings is 3. The van der Waals surface area contributed by atoms with Gasteiger partial charge in [-0.05, 0) is 91.3 Å². The number of thioether (sulfide) groups is 1. The maximum Gasteiger partial charge on any atom is 0.233 e. The fourth-order valence-corrected chi connectivity index (χ4v) is 10.6. The molecule has 15 nitrogen and oxygen atoms in total. The van der Waals surface area contributed by atoms with Crippen molar-refractivity contribution in [3.63, 3.8) is 0 Å². The summed E-state index contributed by atoms with van der Waals surface area (Å²) in [6.45, 7) is 11.5. The summed E-state index contributed by atoms with van der Waals surface area (Å²) in [5, 5.41) is 33.7. The van der Waals surface area contributed by atoms with E-state index in [4.69, 9.17) is 34.7 Å². The minimum atomic E-state index is 0.299. The molecule has 0 bridgehead atoms. The average molecular weight is 922 g/mol. The lowest BCUT2D eigenvalue weighted by atomic mass is 10.2. The number of hydrogen-bond donors (Lipinski definition) is 2. The topological polar surface area (TPSA) is 163 Å². The quantitative estimate of drug-likeness (QED) is 0.0584. The summed E-state index contributed by atoms with van der Waals surface area (Å²) in [6.07, 6.45) is 0. The van der Waals surface area contributed by atoms with Gasteiger partial charge in [0.25, 0.3) is 0 Å². The van der Waals surface area contributed by atoms with Gasteiger partial charge in [-0.1, -0.05) is 42.1 Å². The zero-order valence-corrected chi connectivity index (χ0v) is 38.9. The first-order valence-corrected chi connectivity index (χ1v) is 24.1. The van der Waals surface area contributed by atoms with Crippen LogP contribution in [0.5, 0.6) is 11.5 Å². The number of anilines is 6. The Labute approximate surface area is 379 Å². The van der Waals surface area contributed by atoms with E-state index in [0.717, 1.165) is 73.6 Å². The summed E-state index contributed by atoms with van der Waals surface area (Å²) >= 11 is 7.28. The van der Waals surface area contributed by atoms with Crippen LogP contribution < -0.4 is 29.9 Å². The Balaban J connectivity index is 1.23. The summed E-state index contributed by atoms with van der Waals surface area (Å²) in [7, 11) is 3.32. The molecule has 0 unspecified atom stereocenters. The van der Waals surface area contributed by atoms with Gasteiger partial charge >= 0.3 is 0 Å². The van der Waals surface area contributed by atoms with Crippen LogP contribution in [0.2, 0.25) is 0 Å². The largest absolute Gasteiger partial charge is 0.494 e. The molecule has 0 spiro atoms. The van der Waals surface area contributed by atoms with Gasteiger partial charge in [0.05, 0.1) is 47.7 Å². The molecule has 20 heteroatoms. The van der Waals surface area contributed by atoms with Crippen molar-refractivity contribution in [2.24, 2.45) is 20.5 Å². The first kappa shape index (κ1) is 42.9. The number of fused-ring (bicyclic) bond motifs is 2. The van der Waals surface area contributed by atoms with Crippen molar-refractivity contribution in [2.45, 2.75) is 38.6 Å². The van der Waals surface area contributed by atoms with Crippen molar-refractivity contribution in [3.05, 3.63) is 83.1 Å². The van der Waals surface area contributed by atoms with Crippen molar-refractivity contribution in [2.75, 3.05) is 60.8 Å². The van der Waals surface area contributed by atoms with Crippen LogP contribution in [0.3, 0.4) is 0 Å². The van der Waals surface area contributed by atoms with Crippen LogP contribution in [-0.2, 0) is 5.75 Å². The number of methoxy groups -OCH3 is 2.